The van der Waals surface area contributed by atoms with Crippen molar-refractivity contribution in [2.45, 2.75) is 64.1 Å². The van der Waals surface area contributed by atoms with Gasteiger partial charge in [-0.1, -0.05) is 19.3 Å². The van der Waals surface area contributed by atoms with Gasteiger partial charge in [-0.25, -0.2) is 0 Å². The largest absolute Gasteiger partial charge is 0.464 e. The van der Waals surface area contributed by atoms with E-state index in [1.807, 2.05) is 0 Å². The zero-order chi connectivity index (χ0) is 17.6. The summed E-state index contributed by atoms with van der Waals surface area (Å²) in [5.74, 6) is 1.87. The molecule has 2 fully saturated rings. The van der Waals surface area contributed by atoms with Crippen molar-refractivity contribution in [1.29, 1.82) is 0 Å². The van der Waals surface area contributed by atoms with E-state index in [1.54, 1.807) is 0 Å². The predicted molar refractivity (Wildman–Crippen MR) is 83.8 cm³/mol. The van der Waals surface area contributed by atoms with E-state index >= 15 is 0 Å². The van der Waals surface area contributed by atoms with Crippen LogP contribution in [0.2, 0.25) is 0 Å². The molecule has 0 radical (unpaired) electrons. The van der Waals surface area contributed by atoms with Crippen LogP contribution in [0, 0.1) is 17.8 Å². The van der Waals surface area contributed by atoms with Crippen LogP contribution in [0.4, 0.5) is 13.2 Å². The number of aromatic nitrogens is 2. The maximum absolute atomic E-state index is 13.1. The van der Waals surface area contributed by atoms with Gasteiger partial charge >= 0.3 is 12.1 Å². The van der Waals surface area contributed by atoms with Crippen LogP contribution in [0.25, 0.3) is 0 Å². The molecule has 3 aliphatic rings. The lowest BCUT2D eigenvalue weighted by Gasteiger charge is -2.20. The molecule has 138 valence electrons. The quantitative estimate of drug-likeness (QED) is 0.755. The van der Waals surface area contributed by atoms with E-state index in [2.05, 4.69) is 5.10 Å². The van der Waals surface area contributed by atoms with Crippen molar-refractivity contribution in [3.8, 4) is 0 Å². The Balaban J connectivity index is 1.32. The van der Waals surface area contributed by atoms with Crippen LogP contribution in [0.15, 0.2) is 0 Å². The number of alkyl halides is 3. The third kappa shape index (κ3) is 3.42. The molecule has 3 unspecified atom stereocenters. The molecule has 4 nitrogen and oxygen atoms in total. The number of carbonyl (C=O) groups excluding carboxylic acids is 1. The zero-order valence-electron chi connectivity index (χ0n) is 14.1. The first-order valence-corrected chi connectivity index (χ1v) is 9.25. The average molecular weight is 356 g/mol. The monoisotopic (exact) mass is 356 g/mol. The summed E-state index contributed by atoms with van der Waals surface area (Å²) < 4.78 is 45.6. The molecule has 1 heterocycles. The number of hydrogen-bond acceptors (Lipinski definition) is 3. The van der Waals surface area contributed by atoms with Crippen molar-refractivity contribution < 1.29 is 22.7 Å². The first-order chi connectivity index (χ1) is 11.9. The molecule has 3 atom stereocenters. The lowest BCUT2D eigenvalue weighted by atomic mass is 9.87. The number of ether oxygens (including phenoxy) is 1. The summed E-state index contributed by atoms with van der Waals surface area (Å²) in [6.45, 7) is 0.136. The van der Waals surface area contributed by atoms with Crippen molar-refractivity contribution in [1.82, 2.24) is 9.78 Å². The van der Waals surface area contributed by atoms with Gasteiger partial charge in [0, 0.05) is 11.3 Å². The molecule has 0 bridgehead atoms. The number of hydrogen-bond donors (Lipinski definition) is 0. The standard InChI is InChI=1S/C18H23F3N2O2/c19-18(20,21)17-13-5-2-6-15(13)23(22-17)10-16(24)25-8-7-11-3-1-4-12-9-14(11)12/h11-12,14H,1-10H2. The fraction of sp³-hybridized carbons (Fsp3) is 0.778. The molecule has 0 amide bonds. The summed E-state index contributed by atoms with van der Waals surface area (Å²) in [5.41, 5.74) is -0.0468. The molecule has 4 rings (SSSR count). The topological polar surface area (TPSA) is 44.1 Å². The third-order valence-corrected chi connectivity index (χ3v) is 6.04. The number of carbonyl (C=O) groups is 1. The second-order valence-corrected chi connectivity index (χ2v) is 7.64. The number of esters is 1. The fourth-order valence-corrected chi connectivity index (χ4v) is 4.75. The van der Waals surface area contributed by atoms with Crippen molar-refractivity contribution in [3.05, 3.63) is 17.0 Å². The van der Waals surface area contributed by atoms with Gasteiger partial charge in [-0.05, 0) is 49.9 Å². The Morgan fingerprint density at radius 1 is 1.24 bits per heavy atom. The summed E-state index contributed by atoms with van der Waals surface area (Å²) in [4.78, 5) is 12.0. The average Bonchev–Trinajstić information content (AvgIpc) is 3.04. The molecule has 7 heteroatoms. The smallest absolute Gasteiger partial charge is 0.435 e. The summed E-state index contributed by atoms with van der Waals surface area (Å²) in [7, 11) is 0. The van der Waals surface area contributed by atoms with Crippen LogP contribution in [0.1, 0.15) is 55.5 Å². The minimum absolute atomic E-state index is 0.227. The Morgan fingerprint density at radius 2 is 2.08 bits per heavy atom. The Kier molecular flexibility index (Phi) is 4.28. The zero-order valence-corrected chi connectivity index (χ0v) is 14.1. The molecule has 1 aromatic rings. The molecule has 0 N–H and O–H groups in total. The van der Waals surface area contributed by atoms with Gasteiger partial charge in [0.25, 0.3) is 0 Å². The van der Waals surface area contributed by atoms with E-state index in [0.29, 0.717) is 37.5 Å². The Bertz CT molecular complexity index is 668. The van der Waals surface area contributed by atoms with Gasteiger partial charge in [-0.15, -0.1) is 0 Å². The van der Waals surface area contributed by atoms with E-state index in [9.17, 15) is 18.0 Å². The molecule has 2 saturated carbocycles. The molecule has 0 spiro atoms. The van der Waals surface area contributed by atoms with Gasteiger partial charge in [0.15, 0.2) is 5.69 Å². The van der Waals surface area contributed by atoms with Crippen molar-refractivity contribution in [3.63, 3.8) is 0 Å². The Morgan fingerprint density at radius 3 is 2.88 bits per heavy atom. The second kappa shape index (κ2) is 6.32. The maximum Gasteiger partial charge on any atom is 0.435 e. The first kappa shape index (κ1) is 16.9. The predicted octanol–water partition coefficient (Wildman–Crippen LogP) is 3.76. The summed E-state index contributed by atoms with van der Waals surface area (Å²) in [5, 5.41) is 3.65. The molecular formula is C18H23F3N2O2. The highest BCUT2D eigenvalue weighted by Gasteiger charge is 2.44. The maximum atomic E-state index is 13.1. The van der Waals surface area contributed by atoms with E-state index in [0.717, 1.165) is 18.3 Å². The Labute approximate surface area is 144 Å². The molecule has 0 aromatic carbocycles. The molecule has 25 heavy (non-hydrogen) atoms. The van der Waals surface area contributed by atoms with Crippen molar-refractivity contribution >= 4 is 5.97 Å². The van der Waals surface area contributed by atoms with E-state index in [1.165, 1.54) is 30.4 Å². The van der Waals surface area contributed by atoms with Gasteiger partial charge in [0.1, 0.15) is 6.54 Å². The summed E-state index contributed by atoms with van der Waals surface area (Å²) >= 11 is 0. The van der Waals surface area contributed by atoms with Crippen LogP contribution < -0.4 is 0 Å². The van der Waals surface area contributed by atoms with Crippen molar-refractivity contribution in [2.75, 3.05) is 6.61 Å². The van der Waals surface area contributed by atoms with Gasteiger partial charge < -0.3 is 4.74 Å². The van der Waals surface area contributed by atoms with Crippen LogP contribution >= 0.6 is 0 Å². The van der Waals surface area contributed by atoms with Crippen molar-refractivity contribution in [2.24, 2.45) is 17.8 Å². The lowest BCUT2D eigenvalue weighted by Crippen LogP contribution is -2.19. The number of halogens is 3. The molecule has 1 aromatic heterocycles. The van der Waals surface area contributed by atoms with Crippen LogP contribution in [0.5, 0.6) is 0 Å². The molecular weight excluding hydrogens is 333 g/mol. The SMILES string of the molecule is O=C(Cn1nc(C(F)(F)F)c2c1CCC2)OCCC1CCCC2CC12. The Hall–Kier alpha value is -1.53. The van der Waals surface area contributed by atoms with Gasteiger partial charge in [0.2, 0.25) is 0 Å². The number of rotatable bonds is 5. The van der Waals surface area contributed by atoms with E-state index in [4.69, 9.17) is 4.74 Å². The molecule has 0 aliphatic heterocycles. The molecule has 3 aliphatic carbocycles. The fourth-order valence-electron chi connectivity index (χ4n) is 4.75. The second-order valence-electron chi connectivity index (χ2n) is 7.64. The van der Waals surface area contributed by atoms with Gasteiger partial charge in [0.05, 0.1) is 6.61 Å². The van der Waals surface area contributed by atoms with Crippen LogP contribution in [-0.2, 0) is 35.1 Å². The lowest BCUT2D eigenvalue weighted by molar-refractivity contribution is -0.146. The number of fused-ring (bicyclic) bond motifs is 2. The minimum atomic E-state index is -4.47. The number of nitrogens with zero attached hydrogens (tertiary/aromatic N) is 2. The van der Waals surface area contributed by atoms with Gasteiger partial charge in [-0.3, -0.25) is 9.48 Å². The van der Waals surface area contributed by atoms with Crippen LogP contribution in [0.3, 0.4) is 0 Å². The summed E-state index contributed by atoms with van der Waals surface area (Å²) in [6, 6.07) is 0. The van der Waals surface area contributed by atoms with E-state index < -0.39 is 17.8 Å². The van der Waals surface area contributed by atoms with Crippen LogP contribution in [-0.4, -0.2) is 22.4 Å². The van der Waals surface area contributed by atoms with Gasteiger partial charge in [-0.2, -0.15) is 18.3 Å². The molecule has 0 saturated heterocycles. The third-order valence-electron chi connectivity index (χ3n) is 6.04. The summed E-state index contributed by atoms with van der Waals surface area (Å²) in [6.07, 6.45) is 3.13. The highest BCUT2D eigenvalue weighted by molar-refractivity contribution is 5.69. The first-order valence-electron chi connectivity index (χ1n) is 9.25. The highest BCUT2D eigenvalue weighted by Crippen LogP contribution is 2.53. The minimum Gasteiger partial charge on any atom is -0.464 e. The van der Waals surface area contributed by atoms with E-state index in [-0.39, 0.29) is 12.1 Å². The normalized spacial score (nSPS) is 27.7. The highest BCUT2D eigenvalue weighted by atomic mass is 19.4.